The number of carbonyl (C=O) groups is 1. The SMILES string of the molecule is CCOc1ccc(C(=O)NCCN2CCc3sccc3C2)cc1C. The number of nitrogens with one attached hydrogen (secondary N) is 1. The van der Waals surface area contributed by atoms with Gasteiger partial charge in [0.1, 0.15) is 5.75 Å². The van der Waals surface area contributed by atoms with E-state index in [0.29, 0.717) is 18.7 Å². The summed E-state index contributed by atoms with van der Waals surface area (Å²) in [6.07, 6.45) is 1.12. The molecule has 0 bridgehead atoms. The molecular weight excluding hydrogens is 320 g/mol. The Morgan fingerprint density at radius 1 is 1.38 bits per heavy atom. The first-order valence-corrected chi connectivity index (χ1v) is 9.34. The highest BCUT2D eigenvalue weighted by molar-refractivity contribution is 7.10. The summed E-state index contributed by atoms with van der Waals surface area (Å²) in [6, 6.07) is 7.80. The zero-order valence-corrected chi connectivity index (χ0v) is 15.1. The number of nitrogens with zero attached hydrogens (tertiary/aromatic N) is 1. The molecule has 1 aromatic carbocycles. The first kappa shape index (κ1) is 17.0. The molecule has 2 aromatic rings. The van der Waals surface area contributed by atoms with E-state index in [9.17, 15) is 4.79 Å². The minimum absolute atomic E-state index is 0.0191. The summed E-state index contributed by atoms with van der Waals surface area (Å²) >= 11 is 1.85. The molecule has 2 heterocycles. The first-order valence-electron chi connectivity index (χ1n) is 8.46. The second-order valence-corrected chi connectivity index (χ2v) is 7.07. The molecule has 128 valence electrons. The predicted molar refractivity (Wildman–Crippen MR) is 98.0 cm³/mol. The van der Waals surface area contributed by atoms with Crippen LogP contribution in [0.3, 0.4) is 0 Å². The molecule has 0 saturated carbocycles. The molecule has 0 atom stereocenters. The quantitative estimate of drug-likeness (QED) is 0.875. The number of ether oxygens (including phenoxy) is 1. The Morgan fingerprint density at radius 2 is 2.25 bits per heavy atom. The summed E-state index contributed by atoms with van der Waals surface area (Å²) in [5, 5.41) is 5.19. The summed E-state index contributed by atoms with van der Waals surface area (Å²) in [7, 11) is 0. The molecule has 3 rings (SSSR count). The Bertz CT molecular complexity index is 711. The maximum Gasteiger partial charge on any atom is 0.251 e. The van der Waals surface area contributed by atoms with Crippen LogP contribution in [0.5, 0.6) is 5.75 Å². The van der Waals surface area contributed by atoms with Gasteiger partial charge in [-0.2, -0.15) is 0 Å². The van der Waals surface area contributed by atoms with E-state index in [-0.39, 0.29) is 5.91 Å². The van der Waals surface area contributed by atoms with Crippen molar-refractivity contribution in [3.8, 4) is 5.75 Å². The first-order chi connectivity index (χ1) is 11.7. The van der Waals surface area contributed by atoms with Crippen molar-refractivity contribution in [1.29, 1.82) is 0 Å². The number of hydrogen-bond donors (Lipinski definition) is 1. The summed E-state index contributed by atoms with van der Waals surface area (Å²) in [4.78, 5) is 16.2. The van der Waals surface area contributed by atoms with Crippen LogP contribution in [0.1, 0.15) is 33.3 Å². The van der Waals surface area contributed by atoms with Gasteiger partial charge in [0.25, 0.3) is 5.91 Å². The van der Waals surface area contributed by atoms with Crippen molar-refractivity contribution in [2.75, 3.05) is 26.2 Å². The summed E-state index contributed by atoms with van der Waals surface area (Å²) in [5.41, 5.74) is 3.12. The van der Waals surface area contributed by atoms with E-state index in [1.165, 1.54) is 10.4 Å². The van der Waals surface area contributed by atoms with Crippen LogP contribution in [0.15, 0.2) is 29.6 Å². The van der Waals surface area contributed by atoms with Crippen LogP contribution in [0.4, 0.5) is 0 Å². The molecule has 4 nitrogen and oxygen atoms in total. The molecule has 1 aromatic heterocycles. The van der Waals surface area contributed by atoms with E-state index in [1.807, 2.05) is 43.4 Å². The monoisotopic (exact) mass is 344 g/mol. The molecule has 0 radical (unpaired) electrons. The Hall–Kier alpha value is -1.85. The molecule has 24 heavy (non-hydrogen) atoms. The number of aryl methyl sites for hydroxylation is 1. The number of amides is 1. The van der Waals surface area contributed by atoms with Crippen molar-refractivity contribution < 1.29 is 9.53 Å². The third-order valence-corrected chi connectivity index (χ3v) is 5.36. The van der Waals surface area contributed by atoms with Gasteiger partial charge in [-0.25, -0.2) is 0 Å². The minimum atomic E-state index is -0.0191. The predicted octanol–water partition coefficient (Wildman–Crippen LogP) is 3.24. The largest absolute Gasteiger partial charge is 0.494 e. The van der Waals surface area contributed by atoms with Crippen LogP contribution in [0, 0.1) is 6.92 Å². The van der Waals surface area contributed by atoms with Crippen LogP contribution in [0.25, 0.3) is 0 Å². The van der Waals surface area contributed by atoms with E-state index in [1.54, 1.807) is 0 Å². The molecule has 0 spiro atoms. The van der Waals surface area contributed by atoms with Gasteiger partial charge in [-0.15, -0.1) is 11.3 Å². The summed E-state index contributed by atoms with van der Waals surface area (Å²) < 4.78 is 5.52. The lowest BCUT2D eigenvalue weighted by Crippen LogP contribution is -2.37. The second kappa shape index (κ2) is 7.81. The van der Waals surface area contributed by atoms with Crippen LogP contribution in [-0.4, -0.2) is 37.0 Å². The second-order valence-electron chi connectivity index (χ2n) is 6.06. The third-order valence-electron chi connectivity index (χ3n) is 4.34. The van der Waals surface area contributed by atoms with Crippen LogP contribution >= 0.6 is 11.3 Å². The van der Waals surface area contributed by atoms with Gasteiger partial charge in [-0.1, -0.05) is 0 Å². The lowest BCUT2D eigenvalue weighted by Gasteiger charge is -2.26. The van der Waals surface area contributed by atoms with Crippen LogP contribution in [-0.2, 0) is 13.0 Å². The van der Waals surface area contributed by atoms with Gasteiger partial charge in [0.2, 0.25) is 0 Å². The normalized spacial score (nSPS) is 14.2. The zero-order chi connectivity index (χ0) is 16.9. The fraction of sp³-hybridized carbons (Fsp3) is 0.421. The van der Waals surface area contributed by atoms with Gasteiger partial charge >= 0.3 is 0 Å². The maximum absolute atomic E-state index is 12.3. The van der Waals surface area contributed by atoms with Crippen molar-refractivity contribution in [3.05, 3.63) is 51.2 Å². The third kappa shape index (κ3) is 3.97. The van der Waals surface area contributed by atoms with Crippen molar-refractivity contribution in [2.45, 2.75) is 26.8 Å². The molecule has 0 saturated heterocycles. The van der Waals surface area contributed by atoms with Crippen LogP contribution < -0.4 is 10.1 Å². The average molecular weight is 344 g/mol. The fourth-order valence-electron chi connectivity index (χ4n) is 3.04. The molecule has 1 aliphatic rings. The lowest BCUT2D eigenvalue weighted by atomic mass is 10.1. The Morgan fingerprint density at radius 3 is 3.04 bits per heavy atom. The van der Waals surface area contributed by atoms with E-state index in [0.717, 1.165) is 37.4 Å². The van der Waals surface area contributed by atoms with Crippen molar-refractivity contribution in [1.82, 2.24) is 10.2 Å². The fourth-order valence-corrected chi connectivity index (χ4v) is 3.93. The van der Waals surface area contributed by atoms with Crippen molar-refractivity contribution >= 4 is 17.2 Å². The molecule has 0 aliphatic carbocycles. The van der Waals surface area contributed by atoms with E-state index in [4.69, 9.17) is 4.74 Å². The zero-order valence-electron chi connectivity index (χ0n) is 14.3. The van der Waals surface area contributed by atoms with Crippen molar-refractivity contribution in [3.63, 3.8) is 0 Å². The summed E-state index contributed by atoms with van der Waals surface area (Å²) in [6.45, 7) is 8.19. The molecule has 1 aliphatic heterocycles. The van der Waals surface area contributed by atoms with E-state index in [2.05, 4.69) is 21.7 Å². The smallest absolute Gasteiger partial charge is 0.251 e. The number of hydrogen-bond acceptors (Lipinski definition) is 4. The highest BCUT2D eigenvalue weighted by Crippen LogP contribution is 2.23. The number of carbonyl (C=O) groups excluding carboxylic acids is 1. The molecule has 1 amide bonds. The summed E-state index contributed by atoms with van der Waals surface area (Å²) in [5.74, 6) is 0.823. The Balaban J connectivity index is 1.48. The number of rotatable bonds is 6. The lowest BCUT2D eigenvalue weighted by molar-refractivity contribution is 0.0947. The van der Waals surface area contributed by atoms with Gasteiger partial charge in [-0.05, 0) is 61.0 Å². The minimum Gasteiger partial charge on any atom is -0.494 e. The molecule has 5 heteroatoms. The van der Waals surface area contributed by atoms with Crippen molar-refractivity contribution in [2.24, 2.45) is 0 Å². The average Bonchev–Trinajstić information content (AvgIpc) is 3.04. The highest BCUT2D eigenvalue weighted by Gasteiger charge is 2.17. The Labute approximate surface area is 147 Å². The molecule has 0 unspecified atom stereocenters. The van der Waals surface area contributed by atoms with Gasteiger partial charge in [-0.3, -0.25) is 9.69 Å². The molecular formula is C19H24N2O2S. The topological polar surface area (TPSA) is 41.6 Å². The molecule has 0 fully saturated rings. The number of fused-ring (bicyclic) bond motifs is 1. The van der Waals surface area contributed by atoms with Crippen LogP contribution in [0.2, 0.25) is 0 Å². The maximum atomic E-state index is 12.3. The highest BCUT2D eigenvalue weighted by atomic mass is 32.1. The van der Waals surface area contributed by atoms with Gasteiger partial charge < -0.3 is 10.1 Å². The molecule has 1 N–H and O–H groups in total. The van der Waals surface area contributed by atoms with E-state index >= 15 is 0 Å². The number of benzene rings is 1. The van der Waals surface area contributed by atoms with E-state index < -0.39 is 0 Å². The van der Waals surface area contributed by atoms with Gasteiger partial charge in [0, 0.05) is 36.6 Å². The Kier molecular flexibility index (Phi) is 5.53. The van der Waals surface area contributed by atoms with Gasteiger partial charge in [0.15, 0.2) is 0 Å². The number of thiophene rings is 1. The van der Waals surface area contributed by atoms with Gasteiger partial charge in [0.05, 0.1) is 6.61 Å². The standard InChI is InChI=1S/C19H24N2O2S/c1-3-23-17-5-4-15(12-14(17)2)19(22)20-8-10-21-9-6-18-16(13-21)7-11-24-18/h4-5,7,11-12H,3,6,8-10,13H2,1-2H3,(H,20,22).